The number of hydrogen-bond acceptors (Lipinski definition) is 2. The first-order valence-electron chi connectivity index (χ1n) is 18.1. The number of hydrogen-bond donors (Lipinski definition) is 2. The van der Waals surface area contributed by atoms with Crippen molar-refractivity contribution in [1.29, 1.82) is 0 Å². The van der Waals surface area contributed by atoms with Crippen molar-refractivity contribution in [1.82, 2.24) is 19.9 Å². The molecule has 0 unspecified atom stereocenters. The minimum absolute atomic E-state index is 0.0131. The fourth-order valence-corrected chi connectivity index (χ4v) is 7.45. The van der Waals surface area contributed by atoms with E-state index < -0.39 is 80.4 Å². The number of H-pyrrole nitrogens is 2. The SMILES string of the molecule is C#Cc1ccc(-c2c3nc(c(-c4c(F)c(F)c(F)c(F)c4F)c4ccc([nH]4)c(-c4ccc(C#C)cc4)c4ccc([nH]4)c(-c4c(F)c(F)c(F)c(F)c4F)c4nc2C=C4)C=C3)cc1. The first-order chi connectivity index (χ1) is 29.8. The molecule has 2 aliphatic rings. The summed E-state index contributed by atoms with van der Waals surface area (Å²) in [4.78, 5) is 15.3. The third-order valence-corrected chi connectivity index (χ3v) is 10.4. The van der Waals surface area contributed by atoms with E-state index >= 15 is 17.6 Å². The van der Waals surface area contributed by atoms with Gasteiger partial charge in [0.2, 0.25) is 11.6 Å². The summed E-state index contributed by atoms with van der Waals surface area (Å²) in [6.07, 6.45) is 16.4. The average Bonchev–Trinajstić information content (AvgIpc) is 4.14. The molecule has 0 saturated heterocycles. The molecule has 14 heteroatoms. The highest BCUT2D eigenvalue weighted by molar-refractivity contribution is 6.00. The van der Waals surface area contributed by atoms with Crippen LogP contribution in [-0.4, -0.2) is 19.9 Å². The fraction of sp³-hybridized carbons (Fsp3) is 0. The molecule has 0 saturated carbocycles. The maximum atomic E-state index is 15.9. The molecular weight excluding hydrogens is 823 g/mol. The van der Waals surface area contributed by atoms with Gasteiger partial charge in [-0.2, -0.15) is 0 Å². The molecule has 0 aliphatic carbocycles. The van der Waals surface area contributed by atoms with Crippen molar-refractivity contribution < 1.29 is 43.9 Å². The van der Waals surface area contributed by atoms with Crippen molar-refractivity contribution in [3.63, 3.8) is 0 Å². The molecular formula is C48H20F10N4. The summed E-state index contributed by atoms with van der Waals surface area (Å²) in [5, 5.41) is 0. The van der Waals surface area contributed by atoms with Gasteiger partial charge in [0.15, 0.2) is 46.5 Å². The maximum absolute atomic E-state index is 15.9. The van der Waals surface area contributed by atoms with Crippen LogP contribution in [0.15, 0.2) is 72.8 Å². The van der Waals surface area contributed by atoms with Gasteiger partial charge in [-0.05, 0) is 84.0 Å². The number of terminal acetylenes is 2. The van der Waals surface area contributed by atoms with Gasteiger partial charge in [0.05, 0.1) is 33.9 Å². The Morgan fingerprint density at radius 3 is 0.919 bits per heavy atom. The van der Waals surface area contributed by atoms with E-state index in [-0.39, 0.29) is 56.0 Å². The van der Waals surface area contributed by atoms with E-state index in [9.17, 15) is 26.3 Å². The second kappa shape index (κ2) is 14.9. The van der Waals surface area contributed by atoms with Crippen LogP contribution >= 0.6 is 0 Å². The summed E-state index contributed by atoms with van der Waals surface area (Å²) in [5.41, 5.74) is -2.16. The molecule has 4 aromatic carbocycles. The Labute approximate surface area is 343 Å². The molecule has 4 nitrogen and oxygen atoms in total. The van der Waals surface area contributed by atoms with Gasteiger partial charge in [-0.25, -0.2) is 53.9 Å². The minimum atomic E-state index is -2.37. The zero-order valence-electron chi connectivity index (χ0n) is 31.1. The van der Waals surface area contributed by atoms with E-state index in [1.54, 1.807) is 48.5 Å². The Morgan fingerprint density at radius 1 is 0.323 bits per heavy atom. The molecule has 0 amide bonds. The highest BCUT2D eigenvalue weighted by atomic mass is 19.2. The molecule has 3 aromatic heterocycles. The standard InChI is InChI=1S/C48H20F10N4/c1-3-21-5-9-23(10-6-21)33-25-13-17-29(59-25)35(37-39(49)43(53)47(57)44(54)40(37)50)31-19-15-27(61-31)34(24-11-7-22(4-2)8-12-24)28-16-20-32(62-28)36(30-18-14-26(33)60-30)38-41(51)45(55)48(58)46(56)42(38)52/h1-2,5-20,59-60H. The van der Waals surface area contributed by atoms with E-state index in [1.807, 2.05) is 0 Å². The second-order valence-electron chi connectivity index (χ2n) is 13.8. The molecule has 2 N–H and O–H groups in total. The number of halogens is 10. The van der Waals surface area contributed by atoms with Gasteiger partial charge in [-0.1, -0.05) is 36.1 Å². The van der Waals surface area contributed by atoms with Crippen molar-refractivity contribution in [3.05, 3.63) is 165 Å². The van der Waals surface area contributed by atoms with Crippen LogP contribution in [0.5, 0.6) is 0 Å². The monoisotopic (exact) mass is 842 g/mol. The van der Waals surface area contributed by atoms with Crippen LogP contribution in [0.25, 0.3) is 90.9 Å². The van der Waals surface area contributed by atoms with Crippen molar-refractivity contribution in [3.8, 4) is 69.2 Å². The Bertz CT molecular complexity index is 3190. The molecule has 8 bridgehead atoms. The van der Waals surface area contributed by atoms with Crippen LogP contribution in [0, 0.1) is 82.9 Å². The van der Waals surface area contributed by atoms with Crippen LogP contribution in [0.4, 0.5) is 43.9 Å². The lowest BCUT2D eigenvalue weighted by Gasteiger charge is -2.10. The highest BCUT2D eigenvalue weighted by Gasteiger charge is 2.32. The molecule has 9 rings (SSSR count). The molecule has 7 aromatic rings. The van der Waals surface area contributed by atoms with E-state index in [2.05, 4.69) is 31.8 Å². The summed E-state index contributed by atoms with van der Waals surface area (Å²) in [6.45, 7) is 0. The quantitative estimate of drug-likeness (QED) is 0.0803. The highest BCUT2D eigenvalue weighted by Crippen LogP contribution is 2.42. The van der Waals surface area contributed by atoms with Crippen LogP contribution in [0.1, 0.15) is 33.9 Å². The molecule has 0 spiro atoms. The predicted octanol–water partition coefficient (Wildman–Crippen LogP) is 12.7. The molecule has 62 heavy (non-hydrogen) atoms. The third-order valence-electron chi connectivity index (χ3n) is 10.4. The normalized spacial score (nSPS) is 11.9. The van der Waals surface area contributed by atoms with Crippen LogP contribution in [0.3, 0.4) is 0 Å². The van der Waals surface area contributed by atoms with Crippen molar-refractivity contribution in [2.75, 3.05) is 0 Å². The van der Waals surface area contributed by atoms with E-state index in [0.717, 1.165) is 0 Å². The Morgan fingerprint density at radius 2 is 0.597 bits per heavy atom. The Balaban J connectivity index is 1.52. The number of aromatic amines is 2. The predicted molar refractivity (Wildman–Crippen MR) is 216 cm³/mol. The zero-order chi connectivity index (χ0) is 43.7. The van der Waals surface area contributed by atoms with E-state index in [4.69, 9.17) is 12.8 Å². The number of benzene rings is 4. The van der Waals surface area contributed by atoms with Crippen LogP contribution in [-0.2, 0) is 0 Å². The topological polar surface area (TPSA) is 57.4 Å². The van der Waals surface area contributed by atoms with Gasteiger partial charge in [-0.15, -0.1) is 12.8 Å². The summed E-state index contributed by atoms with van der Waals surface area (Å²) in [7, 11) is 0. The second-order valence-corrected chi connectivity index (χ2v) is 13.8. The molecule has 0 fully saturated rings. The molecule has 2 aliphatic heterocycles. The maximum Gasteiger partial charge on any atom is 0.200 e. The first-order valence-corrected chi connectivity index (χ1v) is 18.1. The van der Waals surface area contributed by atoms with Gasteiger partial charge in [0.25, 0.3) is 0 Å². The smallest absolute Gasteiger partial charge is 0.200 e. The molecule has 302 valence electrons. The van der Waals surface area contributed by atoms with E-state index in [0.29, 0.717) is 22.3 Å². The molecule has 5 heterocycles. The third kappa shape index (κ3) is 6.15. The van der Waals surface area contributed by atoms with Crippen molar-refractivity contribution >= 4 is 46.4 Å². The average molecular weight is 843 g/mol. The van der Waals surface area contributed by atoms with Crippen LogP contribution in [0.2, 0.25) is 0 Å². The molecule has 0 radical (unpaired) electrons. The Hall–Kier alpha value is -8.10. The Kier molecular flexibility index (Phi) is 9.44. The lowest BCUT2D eigenvalue weighted by atomic mass is 10.0. The molecule has 0 atom stereocenters. The van der Waals surface area contributed by atoms with Gasteiger partial charge in [0, 0.05) is 55.4 Å². The fourth-order valence-electron chi connectivity index (χ4n) is 7.45. The van der Waals surface area contributed by atoms with Gasteiger partial charge in [0.1, 0.15) is 0 Å². The van der Waals surface area contributed by atoms with E-state index in [1.165, 1.54) is 48.6 Å². The number of aromatic nitrogens is 4. The number of rotatable bonds is 4. The first kappa shape index (κ1) is 39.4. The summed E-state index contributed by atoms with van der Waals surface area (Å²) >= 11 is 0. The summed E-state index contributed by atoms with van der Waals surface area (Å²) in [6, 6.07) is 18.1. The van der Waals surface area contributed by atoms with Gasteiger partial charge in [-0.3, -0.25) is 0 Å². The zero-order valence-corrected chi connectivity index (χ0v) is 31.1. The van der Waals surface area contributed by atoms with Gasteiger partial charge < -0.3 is 9.97 Å². The minimum Gasteiger partial charge on any atom is -0.354 e. The lowest BCUT2D eigenvalue weighted by molar-refractivity contribution is 0.381. The number of nitrogens with zero attached hydrogens (tertiary/aromatic N) is 2. The lowest BCUT2D eigenvalue weighted by Crippen LogP contribution is -2.05. The van der Waals surface area contributed by atoms with Crippen LogP contribution < -0.4 is 0 Å². The van der Waals surface area contributed by atoms with Crippen molar-refractivity contribution in [2.24, 2.45) is 0 Å². The van der Waals surface area contributed by atoms with Gasteiger partial charge >= 0.3 is 0 Å². The number of fused-ring (bicyclic) bond motifs is 8. The van der Waals surface area contributed by atoms with Crippen molar-refractivity contribution in [2.45, 2.75) is 0 Å². The summed E-state index contributed by atoms with van der Waals surface area (Å²) in [5.74, 6) is -17.2. The summed E-state index contributed by atoms with van der Waals surface area (Å²) < 4.78 is 152. The largest absolute Gasteiger partial charge is 0.354 e. The number of nitrogens with one attached hydrogen (secondary N) is 2.